The molecule has 3 N–H and O–H groups in total. The summed E-state index contributed by atoms with van der Waals surface area (Å²) in [6.07, 6.45) is 0. The monoisotopic (exact) mass is 223 g/mol. The first kappa shape index (κ1) is 12.0. The van der Waals surface area contributed by atoms with Crippen LogP contribution < -0.4 is 5.32 Å². The number of carboxylic acids is 2. The highest BCUT2D eigenvalue weighted by atomic mass is 16.4. The average Bonchev–Trinajstić information content (AvgIpc) is 2.20. The van der Waals surface area contributed by atoms with Crippen molar-refractivity contribution >= 4 is 17.6 Å². The molecule has 0 radical (unpaired) electrons. The maximum Gasteiger partial charge on any atom is 0.337 e. The first-order valence-corrected chi connectivity index (χ1v) is 4.75. The average molecular weight is 223 g/mol. The van der Waals surface area contributed by atoms with Crippen molar-refractivity contribution in [3.05, 3.63) is 29.3 Å². The van der Waals surface area contributed by atoms with E-state index >= 15 is 0 Å². The number of carboxylic acid groups (broad SMARTS) is 2. The van der Waals surface area contributed by atoms with E-state index in [1.165, 1.54) is 13.0 Å². The Hall–Kier alpha value is -2.04. The molecule has 1 unspecified atom stereocenters. The number of aromatic carboxylic acids is 1. The summed E-state index contributed by atoms with van der Waals surface area (Å²) in [6, 6.07) is 3.96. The van der Waals surface area contributed by atoms with Gasteiger partial charge in [0.05, 0.1) is 5.56 Å². The first-order chi connectivity index (χ1) is 7.41. The Labute approximate surface area is 92.7 Å². The van der Waals surface area contributed by atoms with Gasteiger partial charge in [0.25, 0.3) is 0 Å². The normalized spacial score (nSPS) is 11.9. The largest absolute Gasteiger partial charge is 0.480 e. The number of aliphatic carboxylic acids is 1. The lowest BCUT2D eigenvalue weighted by atomic mass is 10.1. The minimum atomic E-state index is -1.08. The summed E-state index contributed by atoms with van der Waals surface area (Å²) in [4.78, 5) is 21.6. The van der Waals surface area contributed by atoms with Gasteiger partial charge in [0, 0.05) is 5.69 Å². The van der Waals surface area contributed by atoms with Gasteiger partial charge in [0.1, 0.15) is 6.04 Å². The Bertz CT molecular complexity index is 428. The molecule has 0 fully saturated rings. The van der Waals surface area contributed by atoms with Crippen LogP contribution in [0.5, 0.6) is 0 Å². The van der Waals surface area contributed by atoms with Crippen LogP contribution in [0.15, 0.2) is 18.2 Å². The number of rotatable bonds is 4. The van der Waals surface area contributed by atoms with Crippen molar-refractivity contribution in [1.82, 2.24) is 0 Å². The van der Waals surface area contributed by atoms with Gasteiger partial charge in [-0.25, -0.2) is 4.79 Å². The Kier molecular flexibility index (Phi) is 3.50. The Morgan fingerprint density at radius 2 is 1.94 bits per heavy atom. The van der Waals surface area contributed by atoms with Crippen molar-refractivity contribution in [2.45, 2.75) is 19.9 Å². The zero-order valence-corrected chi connectivity index (χ0v) is 9.02. The van der Waals surface area contributed by atoms with E-state index in [4.69, 9.17) is 10.2 Å². The van der Waals surface area contributed by atoms with Gasteiger partial charge in [-0.05, 0) is 26.0 Å². The molecule has 0 amide bonds. The lowest BCUT2D eigenvalue weighted by molar-refractivity contribution is -0.137. The first-order valence-electron chi connectivity index (χ1n) is 4.75. The number of anilines is 1. The second-order valence-corrected chi connectivity index (χ2v) is 3.56. The molecule has 1 rings (SSSR count). The third kappa shape index (κ3) is 2.73. The highest BCUT2D eigenvalue weighted by Gasteiger charge is 2.15. The molecule has 0 heterocycles. The van der Waals surface area contributed by atoms with Crippen molar-refractivity contribution in [3.63, 3.8) is 0 Å². The summed E-state index contributed by atoms with van der Waals surface area (Å²) in [5.74, 6) is -2.11. The van der Waals surface area contributed by atoms with Crippen LogP contribution in [0.25, 0.3) is 0 Å². The zero-order valence-electron chi connectivity index (χ0n) is 9.02. The summed E-state index contributed by atoms with van der Waals surface area (Å²) in [5.41, 5.74) is 1.20. The van der Waals surface area contributed by atoms with E-state index in [-0.39, 0.29) is 5.56 Å². The smallest absolute Gasteiger partial charge is 0.337 e. The van der Waals surface area contributed by atoms with Gasteiger partial charge in [0.2, 0.25) is 0 Å². The topological polar surface area (TPSA) is 86.6 Å². The zero-order chi connectivity index (χ0) is 12.3. The number of carbonyl (C=O) groups is 2. The van der Waals surface area contributed by atoms with Crippen molar-refractivity contribution in [2.75, 3.05) is 5.32 Å². The lowest BCUT2D eigenvalue weighted by Gasteiger charge is -2.13. The van der Waals surface area contributed by atoms with Crippen molar-refractivity contribution in [3.8, 4) is 0 Å². The third-order valence-corrected chi connectivity index (χ3v) is 2.15. The Morgan fingerprint density at radius 3 is 2.44 bits per heavy atom. The third-order valence-electron chi connectivity index (χ3n) is 2.15. The fourth-order valence-electron chi connectivity index (χ4n) is 1.26. The molecule has 0 aliphatic carbocycles. The predicted octanol–water partition coefficient (Wildman–Crippen LogP) is 1.58. The van der Waals surface area contributed by atoms with E-state index in [0.717, 1.165) is 5.56 Å². The number of aryl methyl sites for hydroxylation is 1. The summed E-state index contributed by atoms with van der Waals surface area (Å²) in [6.45, 7) is 3.23. The van der Waals surface area contributed by atoms with Gasteiger partial charge >= 0.3 is 11.9 Å². The number of hydrogen-bond donors (Lipinski definition) is 3. The summed E-state index contributed by atoms with van der Waals surface area (Å²) < 4.78 is 0. The van der Waals surface area contributed by atoms with Gasteiger partial charge in [-0.2, -0.15) is 0 Å². The van der Waals surface area contributed by atoms with Crippen molar-refractivity contribution in [1.29, 1.82) is 0 Å². The molecule has 1 aromatic rings. The van der Waals surface area contributed by atoms with Crippen LogP contribution >= 0.6 is 0 Å². The van der Waals surface area contributed by atoms with E-state index in [1.54, 1.807) is 19.1 Å². The summed E-state index contributed by atoms with van der Waals surface area (Å²) in [5, 5.41) is 20.3. The van der Waals surface area contributed by atoms with E-state index in [9.17, 15) is 9.59 Å². The fourth-order valence-corrected chi connectivity index (χ4v) is 1.26. The Morgan fingerprint density at radius 1 is 1.31 bits per heavy atom. The summed E-state index contributed by atoms with van der Waals surface area (Å²) >= 11 is 0. The molecule has 1 aromatic carbocycles. The van der Waals surface area contributed by atoms with Crippen LogP contribution in [0.4, 0.5) is 5.69 Å². The Balaban J connectivity index is 3.04. The molecule has 0 saturated carbocycles. The molecular formula is C11H13NO4. The van der Waals surface area contributed by atoms with Crippen LogP contribution in [-0.4, -0.2) is 28.2 Å². The van der Waals surface area contributed by atoms with Crippen LogP contribution in [0.3, 0.4) is 0 Å². The van der Waals surface area contributed by atoms with Gasteiger partial charge < -0.3 is 15.5 Å². The van der Waals surface area contributed by atoms with Crippen LogP contribution in [0, 0.1) is 6.92 Å². The highest BCUT2D eigenvalue weighted by molar-refractivity contribution is 5.95. The molecule has 0 saturated heterocycles. The maximum absolute atomic E-state index is 10.9. The molecule has 0 aliphatic rings. The molecule has 86 valence electrons. The van der Waals surface area contributed by atoms with Crippen molar-refractivity contribution < 1.29 is 19.8 Å². The lowest BCUT2D eigenvalue weighted by Crippen LogP contribution is -2.26. The SMILES string of the molecule is Cc1ccc(NC(C)C(=O)O)c(C(=O)O)c1. The highest BCUT2D eigenvalue weighted by Crippen LogP contribution is 2.18. The van der Waals surface area contributed by atoms with E-state index in [0.29, 0.717) is 5.69 Å². The number of benzene rings is 1. The molecule has 5 nitrogen and oxygen atoms in total. The molecule has 0 bridgehead atoms. The molecule has 0 spiro atoms. The second-order valence-electron chi connectivity index (χ2n) is 3.56. The summed E-state index contributed by atoms with van der Waals surface area (Å²) in [7, 11) is 0. The molecule has 0 aromatic heterocycles. The minimum absolute atomic E-state index is 0.0769. The molecule has 1 atom stereocenters. The molecular weight excluding hydrogens is 210 g/mol. The van der Waals surface area contributed by atoms with Crippen LogP contribution in [-0.2, 0) is 4.79 Å². The minimum Gasteiger partial charge on any atom is -0.480 e. The van der Waals surface area contributed by atoms with E-state index < -0.39 is 18.0 Å². The van der Waals surface area contributed by atoms with Crippen LogP contribution in [0.1, 0.15) is 22.8 Å². The van der Waals surface area contributed by atoms with Gasteiger partial charge in [-0.1, -0.05) is 11.6 Å². The standard InChI is InChI=1S/C11H13NO4/c1-6-3-4-9(8(5-6)11(15)16)12-7(2)10(13)14/h3-5,7,12H,1-2H3,(H,13,14)(H,15,16). The number of hydrogen-bond acceptors (Lipinski definition) is 3. The van der Waals surface area contributed by atoms with Crippen LogP contribution in [0.2, 0.25) is 0 Å². The molecule has 16 heavy (non-hydrogen) atoms. The maximum atomic E-state index is 10.9. The van der Waals surface area contributed by atoms with E-state index in [2.05, 4.69) is 5.32 Å². The molecule has 0 aliphatic heterocycles. The van der Waals surface area contributed by atoms with Gasteiger partial charge in [-0.3, -0.25) is 4.79 Å². The van der Waals surface area contributed by atoms with Gasteiger partial charge in [-0.15, -0.1) is 0 Å². The second kappa shape index (κ2) is 4.65. The fraction of sp³-hybridized carbons (Fsp3) is 0.273. The van der Waals surface area contributed by atoms with E-state index in [1.807, 2.05) is 0 Å². The van der Waals surface area contributed by atoms with Crippen molar-refractivity contribution in [2.24, 2.45) is 0 Å². The quantitative estimate of drug-likeness (QED) is 0.721. The van der Waals surface area contributed by atoms with Gasteiger partial charge in [0.15, 0.2) is 0 Å². The number of nitrogens with one attached hydrogen (secondary N) is 1. The predicted molar refractivity (Wildman–Crippen MR) is 58.9 cm³/mol. The molecule has 5 heteroatoms.